The van der Waals surface area contributed by atoms with Crippen LogP contribution in [0, 0.1) is 17.6 Å². The number of rotatable bonds is 5. The lowest BCUT2D eigenvalue weighted by molar-refractivity contribution is -0.129. The maximum absolute atomic E-state index is 14.8. The molecule has 12 heteroatoms. The first kappa shape index (κ1) is 33.0. The van der Waals surface area contributed by atoms with Gasteiger partial charge in [0.2, 0.25) is 11.8 Å². The Morgan fingerprint density at radius 1 is 1.11 bits per heavy atom. The number of pyridine rings is 1. The first-order valence-electron chi connectivity index (χ1n) is 15.9. The van der Waals surface area contributed by atoms with Crippen molar-refractivity contribution in [2.45, 2.75) is 69.9 Å². The van der Waals surface area contributed by atoms with Crippen molar-refractivity contribution in [3.05, 3.63) is 82.7 Å². The number of carbonyl (C=O) groups is 2. The highest BCUT2D eigenvalue weighted by molar-refractivity contribution is 6.31. The Kier molecular flexibility index (Phi) is 9.88. The molecule has 248 valence electrons. The summed E-state index contributed by atoms with van der Waals surface area (Å²) < 4.78 is 35.2. The highest BCUT2D eigenvalue weighted by Gasteiger charge is 2.32. The van der Waals surface area contributed by atoms with E-state index in [1.165, 1.54) is 6.08 Å². The third-order valence-electron chi connectivity index (χ3n) is 9.22. The number of carbonyl (C=O) groups excluding carboxylic acids is 2. The SMILES string of the molecule is CC1CCCC(N2CCC(c3c(F)ccc(Cl)c3F)=CC2=O)c2cc(ccn2)-c2ccc(NC3CCC(O)[C@@H](CO)O3)cc2NC1=O. The van der Waals surface area contributed by atoms with E-state index >= 15 is 0 Å². The van der Waals surface area contributed by atoms with Crippen molar-refractivity contribution in [2.24, 2.45) is 5.92 Å². The molecule has 0 radical (unpaired) electrons. The van der Waals surface area contributed by atoms with E-state index in [0.717, 1.165) is 23.3 Å². The summed E-state index contributed by atoms with van der Waals surface area (Å²) in [6.45, 7) is 1.80. The van der Waals surface area contributed by atoms with Crippen molar-refractivity contribution in [3.8, 4) is 11.1 Å². The van der Waals surface area contributed by atoms with Gasteiger partial charge in [-0.15, -0.1) is 0 Å². The number of amides is 2. The van der Waals surface area contributed by atoms with E-state index in [9.17, 15) is 28.6 Å². The van der Waals surface area contributed by atoms with Crippen LogP contribution in [0.15, 0.2) is 54.7 Å². The molecule has 1 fully saturated rings. The van der Waals surface area contributed by atoms with Gasteiger partial charge < -0.3 is 30.5 Å². The standard InChI is InChI=1S/C35H37ClF2N4O5/c1-19-3-2-4-28(42-14-12-21(16-32(42)45)33-25(37)8-7-24(36)34(33)38)27-15-20(11-13-39-27)23-6-5-22(17-26(23)41-35(19)46)40-31-10-9-29(44)30(18-43)47-31/h5-8,11,13,15-17,19,28-31,40,43-44H,2-4,9-10,12,14,18H2,1H3,(H,41,46)/t19?,28?,29?,30-,31?/m1/s1. The molecule has 1 aromatic heterocycles. The third-order valence-corrected chi connectivity index (χ3v) is 9.51. The highest BCUT2D eigenvalue weighted by Crippen LogP contribution is 2.38. The quantitative estimate of drug-likeness (QED) is 0.244. The van der Waals surface area contributed by atoms with E-state index in [-0.39, 0.29) is 53.5 Å². The lowest BCUT2D eigenvalue weighted by atomic mass is 9.92. The molecule has 0 aliphatic carbocycles. The molecule has 2 amide bonds. The van der Waals surface area contributed by atoms with Crippen molar-refractivity contribution in [2.75, 3.05) is 23.8 Å². The average Bonchev–Trinajstić information content (AvgIpc) is 3.06. The lowest BCUT2D eigenvalue weighted by Gasteiger charge is -2.35. The highest BCUT2D eigenvalue weighted by atomic mass is 35.5. The van der Waals surface area contributed by atoms with Gasteiger partial charge in [0.15, 0.2) is 5.82 Å². The topological polar surface area (TPSA) is 124 Å². The Morgan fingerprint density at radius 2 is 1.94 bits per heavy atom. The van der Waals surface area contributed by atoms with Crippen LogP contribution >= 0.6 is 11.6 Å². The van der Waals surface area contributed by atoms with E-state index in [2.05, 4.69) is 15.6 Å². The molecule has 6 rings (SSSR count). The summed E-state index contributed by atoms with van der Waals surface area (Å²) in [7, 11) is 0. The maximum atomic E-state index is 14.8. The van der Waals surface area contributed by atoms with Crippen LogP contribution in [0.1, 0.15) is 62.7 Å². The molecule has 3 aromatic rings. The number of nitrogens with one attached hydrogen (secondary N) is 2. The second kappa shape index (κ2) is 14.1. The van der Waals surface area contributed by atoms with Crippen LogP contribution < -0.4 is 10.6 Å². The first-order valence-corrected chi connectivity index (χ1v) is 16.3. The Hall–Kier alpha value is -3.90. The van der Waals surface area contributed by atoms with Crippen molar-refractivity contribution in [3.63, 3.8) is 0 Å². The van der Waals surface area contributed by atoms with Crippen molar-refractivity contribution in [1.29, 1.82) is 0 Å². The normalized spacial score (nSPS) is 25.2. The maximum Gasteiger partial charge on any atom is 0.247 e. The van der Waals surface area contributed by atoms with Gasteiger partial charge in [0.05, 0.1) is 40.7 Å². The molecule has 0 saturated carbocycles. The second-order valence-electron chi connectivity index (χ2n) is 12.4. The zero-order valence-electron chi connectivity index (χ0n) is 25.9. The van der Waals surface area contributed by atoms with Crippen molar-refractivity contribution >= 4 is 40.4 Å². The van der Waals surface area contributed by atoms with Gasteiger partial charge in [-0.1, -0.05) is 31.0 Å². The molecule has 47 heavy (non-hydrogen) atoms. The Labute approximate surface area is 276 Å². The van der Waals surface area contributed by atoms with E-state index in [1.54, 1.807) is 11.1 Å². The van der Waals surface area contributed by atoms with E-state index in [0.29, 0.717) is 49.2 Å². The summed E-state index contributed by atoms with van der Waals surface area (Å²) in [5.41, 5.74) is 3.47. The molecule has 0 spiro atoms. The van der Waals surface area contributed by atoms with Gasteiger partial charge in [-0.2, -0.15) is 0 Å². The molecule has 4 heterocycles. The summed E-state index contributed by atoms with van der Waals surface area (Å²) in [5.74, 6) is -2.50. The van der Waals surface area contributed by atoms with Crippen LogP contribution in [0.3, 0.4) is 0 Å². The van der Waals surface area contributed by atoms with Gasteiger partial charge in [-0.3, -0.25) is 14.6 Å². The fourth-order valence-electron chi connectivity index (χ4n) is 6.57. The van der Waals surface area contributed by atoms with Crippen LogP contribution in [-0.2, 0) is 14.3 Å². The molecule has 4 unspecified atom stereocenters. The number of nitrogens with zero attached hydrogens (tertiary/aromatic N) is 2. The lowest BCUT2D eigenvalue weighted by Crippen LogP contribution is -2.43. The summed E-state index contributed by atoms with van der Waals surface area (Å²) in [6, 6.07) is 11.2. The molecule has 3 aliphatic rings. The smallest absolute Gasteiger partial charge is 0.247 e. The monoisotopic (exact) mass is 666 g/mol. The van der Waals surface area contributed by atoms with Gasteiger partial charge in [0, 0.05) is 36.0 Å². The van der Waals surface area contributed by atoms with Crippen LogP contribution in [0.4, 0.5) is 20.2 Å². The Bertz CT molecular complexity index is 1700. The van der Waals surface area contributed by atoms with E-state index < -0.39 is 36.1 Å². The number of aromatic nitrogens is 1. The number of hydrogen-bond donors (Lipinski definition) is 4. The van der Waals surface area contributed by atoms with Gasteiger partial charge in [-0.25, -0.2) is 8.78 Å². The minimum absolute atomic E-state index is 0.139. The van der Waals surface area contributed by atoms with E-state index in [1.807, 2.05) is 37.3 Å². The van der Waals surface area contributed by atoms with Crippen LogP contribution in [0.25, 0.3) is 16.7 Å². The largest absolute Gasteiger partial charge is 0.394 e. The summed E-state index contributed by atoms with van der Waals surface area (Å²) in [5, 5.41) is 25.8. The van der Waals surface area contributed by atoms with Gasteiger partial charge >= 0.3 is 0 Å². The minimum Gasteiger partial charge on any atom is -0.394 e. The Morgan fingerprint density at radius 3 is 2.72 bits per heavy atom. The molecular weight excluding hydrogens is 630 g/mol. The van der Waals surface area contributed by atoms with Gasteiger partial charge in [0.1, 0.15) is 18.1 Å². The van der Waals surface area contributed by atoms with E-state index in [4.69, 9.17) is 16.3 Å². The molecule has 9 nitrogen and oxygen atoms in total. The summed E-state index contributed by atoms with van der Waals surface area (Å²) in [6.07, 6.45) is 4.12. The zero-order chi connectivity index (χ0) is 33.2. The molecule has 2 aromatic carbocycles. The molecule has 5 atom stereocenters. The number of aliphatic hydroxyl groups is 2. The zero-order valence-corrected chi connectivity index (χ0v) is 26.6. The molecular formula is C35H37ClF2N4O5. The summed E-state index contributed by atoms with van der Waals surface area (Å²) >= 11 is 5.92. The number of anilines is 2. The number of halogens is 3. The van der Waals surface area contributed by atoms with Crippen molar-refractivity contribution in [1.82, 2.24) is 9.88 Å². The predicted molar refractivity (Wildman–Crippen MR) is 174 cm³/mol. The van der Waals surface area contributed by atoms with Gasteiger partial charge in [-0.05, 0) is 79.6 Å². The number of aliphatic hydroxyl groups excluding tert-OH is 2. The fraction of sp³-hybridized carbons (Fsp3) is 0.400. The van der Waals surface area contributed by atoms with Crippen molar-refractivity contribution < 1.29 is 33.3 Å². The second-order valence-corrected chi connectivity index (χ2v) is 12.8. The number of ether oxygens (including phenoxy) is 1. The number of hydrogen-bond acceptors (Lipinski definition) is 7. The van der Waals surface area contributed by atoms with Gasteiger partial charge in [0.25, 0.3) is 0 Å². The average molecular weight is 667 g/mol. The first-order chi connectivity index (χ1) is 22.6. The summed E-state index contributed by atoms with van der Waals surface area (Å²) in [4.78, 5) is 33.3. The molecule has 1 saturated heterocycles. The van der Waals surface area contributed by atoms with Crippen LogP contribution in [0.5, 0.6) is 0 Å². The third kappa shape index (κ3) is 7.03. The van der Waals surface area contributed by atoms with Crippen LogP contribution in [0.2, 0.25) is 5.02 Å². The number of fused-ring (bicyclic) bond motifs is 4. The Balaban J connectivity index is 1.31. The predicted octanol–water partition coefficient (Wildman–Crippen LogP) is 6.07. The molecule has 2 bridgehead atoms. The number of benzene rings is 2. The molecule has 4 N–H and O–H groups in total. The fourth-order valence-corrected chi connectivity index (χ4v) is 6.73. The minimum atomic E-state index is -0.886. The molecule has 3 aliphatic heterocycles. The van der Waals surface area contributed by atoms with Crippen LogP contribution in [-0.4, -0.2) is 63.5 Å².